The summed E-state index contributed by atoms with van der Waals surface area (Å²) in [6.07, 6.45) is 5.85. The molecule has 72 valence electrons. The molecule has 0 bridgehead atoms. The van der Waals surface area contributed by atoms with E-state index in [1.54, 1.807) is 0 Å². The van der Waals surface area contributed by atoms with Crippen LogP contribution in [0.5, 0.6) is 0 Å². The lowest BCUT2D eigenvalue weighted by atomic mass is 9.83. The molecule has 0 amide bonds. The summed E-state index contributed by atoms with van der Waals surface area (Å²) in [5, 5.41) is 3.41. The number of hydrogen-bond acceptors (Lipinski definition) is 1. The smallest absolute Gasteiger partial charge is 0.00461 e. The van der Waals surface area contributed by atoms with E-state index in [1.165, 1.54) is 38.8 Å². The van der Waals surface area contributed by atoms with Crippen LogP contribution >= 0.6 is 0 Å². The van der Waals surface area contributed by atoms with Gasteiger partial charge in [-0.2, -0.15) is 0 Å². The number of hydrogen-bond donors (Lipinski definition) is 1. The second kappa shape index (κ2) is 4.27. The third kappa shape index (κ3) is 2.22. The van der Waals surface area contributed by atoms with Crippen LogP contribution in [-0.2, 0) is 0 Å². The minimum Gasteiger partial charge on any atom is -0.317 e. The fourth-order valence-electron chi connectivity index (χ4n) is 2.12. The van der Waals surface area contributed by atoms with Gasteiger partial charge >= 0.3 is 0 Å². The highest BCUT2D eigenvalue weighted by molar-refractivity contribution is 4.95. The van der Waals surface area contributed by atoms with Crippen molar-refractivity contribution in [2.45, 2.75) is 46.5 Å². The highest BCUT2D eigenvalue weighted by Gasteiger charge is 2.44. The maximum atomic E-state index is 3.41. The van der Waals surface area contributed by atoms with Crippen LogP contribution in [0.4, 0.5) is 0 Å². The molecular weight excluding hydrogens is 146 g/mol. The van der Waals surface area contributed by atoms with Gasteiger partial charge in [-0.1, -0.05) is 20.8 Å². The Morgan fingerprint density at radius 3 is 2.00 bits per heavy atom. The predicted octanol–water partition coefficient (Wildman–Crippen LogP) is 2.81. The average Bonchev–Trinajstić information content (AvgIpc) is 2.90. The summed E-state index contributed by atoms with van der Waals surface area (Å²) in [6.45, 7) is 8.99. The van der Waals surface area contributed by atoms with Crippen molar-refractivity contribution < 1.29 is 0 Å². The largest absolute Gasteiger partial charge is 0.317 e. The lowest BCUT2D eigenvalue weighted by Gasteiger charge is -2.27. The summed E-state index contributed by atoms with van der Waals surface area (Å²) >= 11 is 0. The van der Waals surface area contributed by atoms with Crippen LogP contribution in [0.2, 0.25) is 0 Å². The molecule has 1 saturated carbocycles. The van der Waals surface area contributed by atoms with Crippen molar-refractivity contribution in [1.29, 1.82) is 0 Å². The van der Waals surface area contributed by atoms with E-state index in [2.05, 4.69) is 12.2 Å². The van der Waals surface area contributed by atoms with E-state index < -0.39 is 0 Å². The first-order chi connectivity index (χ1) is 5.81. The summed E-state index contributed by atoms with van der Waals surface area (Å²) in [7, 11) is 0. The molecule has 1 N–H and O–H groups in total. The van der Waals surface area contributed by atoms with Gasteiger partial charge in [-0.15, -0.1) is 0 Å². The third-order valence-corrected chi connectivity index (χ3v) is 3.36. The second-order valence-corrected chi connectivity index (χ2v) is 4.18. The summed E-state index contributed by atoms with van der Waals surface area (Å²) in [4.78, 5) is 0. The number of nitrogens with one attached hydrogen (secondary N) is 1. The minimum atomic E-state index is 0.780. The molecule has 1 aliphatic heterocycles. The minimum absolute atomic E-state index is 0.780. The Kier molecular flexibility index (Phi) is 3.57. The molecule has 1 nitrogen and oxygen atoms in total. The maximum Gasteiger partial charge on any atom is -0.00461 e. The maximum absolute atomic E-state index is 3.41. The number of piperidine rings is 1. The Balaban J connectivity index is 0.000000336. The third-order valence-electron chi connectivity index (χ3n) is 3.36. The first-order valence-corrected chi connectivity index (χ1v) is 5.52. The fraction of sp³-hybridized carbons (Fsp3) is 1.00. The molecule has 0 aromatic rings. The summed E-state index contributed by atoms with van der Waals surface area (Å²) < 4.78 is 0. The van der Waals surface area contributed by atoms with Crippen LogP contribution in [0.25, 0.3) is 0 Å². The normalized spacial score (nSPS) is 27.2. The molecule has 0 radical (unpaired) electrons. The van der Waals surface area contributed by atoms with Gasteiger partial charge in [0.2, 0.25) is 0 Å². The molecule has 12 heavy (non-hydrogen) atoms. The predicted molar refractivity (Wildman–Crippen MR) is 54.3 cm³/mol. The molecule has 2 aliphatic rings. The monoisotopic (exact) mass is 169 g/mol. The molecule has 2 rings (SSSR count). The zero-order chi connectivity index (χ0) is 9.03. The van der Waals surface area contributed by atoms with Gasteiger partial charge in [0.05, 0.1) is 0 Å². The van der Waals surface area contributed by atoms with E-state index >= 15 is 0 Å². The van der Waals surface area contributed by atoms with Crippen LogP contribution in [0, 0.1) is 11.3 Å². The van der Waals surface area contributed by atoms with E-state index in [-0.39, 0.29) is 0 Å². The Hall–Kier alpha value is -0.0400. The van der Waals surface area contributed by atoms with Gasteiger partial charge < -0.3 is 5.32 Å². The van der Waals surface area contributed by atoms with Crippen molar-refractivity contribution in [2.75, 3.05) is 13.1 Å². The lowest BCUT2D eigenvalue weighted by Crippen LogP contribution is -2.31. The van der Waals surface area contributed by atoms with Gasteiger partial charge in [-0.3, -0.25) is 0 Å². The summed E-state index contributed by atoms with van der Waals surface area (Å²) in [5.41, 5.74) is 0.780. The van der Waals surface area contributed by atoms with Crippen molar-refractivity contribution in [3.63, 3.8) is 0 Å². The van der Waals surface area contributed by atoms with Crippen LogP contribution < -0.4 is 5.32 Å². The van der Waals surface area contributed by atoms with Crippen LogP contribution in [-0.4, -0.2) is 13.1 Å². The molecule has 2 fully saturated rings. The molecule has 1 saturated heterocycles. The van der Waals surface area contributed by atoms with Crippen molar-refractivity contribution in [2.24, 2.45) is 11.3 Å². The Labute approximate surface area is 76.9 Å². The standard InChI is InChI=1S/C9H17N.C2H6/c1-9(4-5-9)8-2-6-10-7-3-8;1-2/h8,10H,2-7H2,1H3;1-2H3. The molecule has 0 atom stereocenters. The van der Waals surface area contributed by atoms with Gasteiger partial charge in [0.1, 0.15) is 0 Å². The molecule has 1 heterocycles. The second-order valence-electron chi connectivity index (χ2n) is 4.18. The summed E-state index contributed by atoms with van der Waals surface area (Å²) in [6, 6.07) is 0. The SMILES string of the molecule is CC.CC1(C2CCNCC2)CC1. The first kappa shape index (κ1) is 10.0. The van der Waals surface area contributed by atoms with Crippen molar-refractivity contribution >= 4 is 0 Å². The van der Waals surface area contributed by atoms with E-state index in [0.29, 0.717) is 0 Å². The van der Waals surface area contributed by atoms with Crippen LogP contribution in [0.3, 0.4) is 0 Å². The quantitative estimate of drug-likeness (QED) is 0.636. The van der Waals surface area contributed by atoms with Gasteiger partial charge in [0, 0.05) is 0 Å². The molecule has 1 aliphatic carbocycles. The Morgan fingerprint density at radius 1 is 1.08 bits per heavy atom. The van der Waals surface area contributed by atoms with Gasteiger partial charge in [0.25, 0.3) is 0 Å². The average molecular weight is 169 g/mol. The zero-order valence-electron chi connectivity index (χ0n) is 8.82. The van der Waals surface area contributed by atoms with Crippen molar-refractivity contribution in [3.05, 3.63) is 0 Å². The Bertz CT molecular complexity index is 121. The highest BCUT2D eigenvalue weighted by atomic mass is 14.9. The Morgan fingerprint density at radius 2 is 1.58 bits per heavy atom. The summed E-state index contributed by atoms with van der Waals surface area (Å²) in [5.74, 6) is 1.05. The van der Waals surface area contributed by atoms with E-state index in [1.807, 2.05) is 13.8 Å². The molecule has 0 aromatic carbocycles. The number of rotatable bonds is 1. The molecule has 0 unspecified atom stereocenters. The van der Waals surface area contributed by atoms with Crippen LogP contribution in [0.15, 0.2) is 0 Å². The van der Waals surface area contributed by atoms with Crippen molar-refractivity contribution in [3.8, 4) is 0 Å². The van der Waals surface area contributed by atoms with Gasteiger partial charge in [-0.05, 0) is 50.1 Å². The molecule has 1 heteroatoms. The van der Waals surface area contributed by atoms with Gasteiger partial charge in [-0.25, -0.2) is 0 Å². The van der Waals surface area contributed by atoms with Gasteiger partial charge in [0.15, 0.2) is 0 Å². The topological polar surface area (TPSA) is 12.0 Å². The van der Waals surface area contributed by atoms with E-state index in [0.717, 1.165) is 11.3 Å². The molecule has 0 spiro atoms. The first-order valence-electron chi connectivity index (χ1n) is 5.52. The zero-order valence-corrected chi connectivity index (χ0v) is 8.82. The molecule has 0 aromatic heterocycles. The fourth-order valence-corrected chi connectivity index (χ4v) is 2.12. The van der Waals surface area contributed by atoms with E-state index in [4.69, 9.17) is 0 Å². The lowest BCUT2D eigenvalue weighted by molar-refractivity contribution is 0.257. The van der Waals surface area contributed by atoms with Crippen molar-refractivity contribution in [1.82, 2.24) is 5.32 Å². The highest BCUT2D eigenvalue weighted by Crippen LogP contribution is 2.54. The van der Waals surface area contributed by atoms with E-state index in [9.17, 15) is 0 Å². The van der Waals surface area contributed by atoms with Crippen LogP contribution in [0.1, 0.15) is 46.5 Å². The molecular formula is C11H23N.